The first-order valence-electron chi connectivity index (χ1n) is 4.44. The van der Waals surface area contributed by atoms with E-state index in [9.17, 15) is 0 Å². The van der Waals surface area contributed by atoms with Crippen LogP contribution in [0.15, 0.2) is 12.1 Å². The summed E-state index contributed by atoms with van der Waals surface area (Å²) in [5.41, 5.74) is 1.04. The maximum Gasteiger partial charge on any atom is 0.132 e. The maximum absolute atomic E-state index is 5.81. The third-order valence-electron chi connectivity index (χ3n) is 2.40. The van der Waals surface area contributed by atoms with E-state index in [1.54, 1.807) is 0 Å². The molecule has 2 rings (SSSR count). The molecule has 2 heterocycles. The molecule has 76 valence electrons. The van der Waals surface area contributed by atoms with E-state index in [0.29, 0.717) is 16.3 Å². The molecule has 3 nitrogen and oxygen atoms in total. The molecule has 0 spiro atoms. The molecule has 1 aliphatic heterocycles. The molecule has 14 heavy (non-hydrogen) atoms. The molecule has 0 aliphatic carbocycles. The lowest BCUT2D eigenvalue weighted by Crippen LogP contribution is -2.57. The first kappa shape index (κ1) is 10.0. The molecule has 1 fully saturated rings. The summed E-state index contributed by atoms with van der Waals surface area (Å²) in [5, 5.41) is 4.10. The van der Waals surface area contributed by atoms with E-state index in [-0.39, 0.29) is 0 Å². The zero-order valence-electron chi connectivity index (χ0n) is 7.80. The fourth-order valence-electron chi connectivity index (χ4n) is 1.51. The van der Waals surface area contributed by atoms with Crippen molar-refractivity contribution in [2.75, 3.05) is 25.0 Å². The number of likely N-dealkylation sites (N-methyl/N-ethyl adjacent to an activating group) is 1. The molecule has 1 aromatic rings. The molecule has 0 amide bonds. The quantitative estimate of drug-likeness (QED) is 0.788. The van der Waals surface area contributed by atoms with E-state index < -0.39 is 0 Å². The van der Waals surface area contributed by atoms with Crippen molar-refractivity contribution in [3.05, 3.63) is 22.4 Å². The van der Waals surface area contributed by atoms with Crippen LogP contribution in [0.2, 0.25) is 10.3 Å². The first-order valence-corrected chi connectivity index (χ1v) is 5.20. The number of hydrogen-bond donors (Lipinski definition) is 1. The summed E-state index contributed by atoms with van der Waals surface area (Å²) in [4.78, 5) is 6.11. The Labute approximate surface area is 93.0 Å². The Kier molecular flexibility index (Phi) is 2.81. The van der Waals surface area contributed by atoms with Crippen LogP contribution in [0, 0.1) is 0 Å². The van der Waals surface area contributed by atoms with Crippen molar-refractivity contribution in [3.8, 4) is 0 Å². The number of nitrogens with zero attached hydrogens (tertiary/aromatic N) is 2. The summed E-state index contributed by atoms with van der Waals surface area (Å²) in [5.74, 6) is 0. The highest BCUT2D eigenvalue weighted by Crippen LogP contribution is 2.25. The second kappa shape index (κ2) is 3.93. The predicted molar refractivity (Wildman–Crippen MR) is 59.3 cm³/mol. The highest BCUT2D eigenvalue weighted by molar-refractivity contribution is 6.32. The van der Waals surface area contributed by atoms with Gasteiger partial charge in [-0.2, -0.15) is 0 Å². The monoisotopic (exact) mass is 231 g/mol. The van der Waals surface area contributed by atoms with Gasteiger partial charge in [-0.3, -0.25) is 0 Å². The van der Waals surface area contributed by atoms with Gasteiger partial charge in [0, 0.05) is 24.8 Å². The van der Waals surface area contributed by atoms with Crippen molar-refractivity contribution in [1.29, 1.82) is 0 Å². The lowest BCUT2D eigenvalue weighted by Gasteiger charge is -2.40. The van der Waals surface area contributed by atoms with Crippen molar-refractivity contribution in [1.82, 2.24) is 10.3 Å². The third kappa shape index (κ3) is 1.95. The minimum absolute atomic E-state index is 0.445. The number of halogens is 2. The average molecular weight is 232 g/mol. The van der Waals surface area contributed by atoms with E-state index in [2.05, 4.69) is 15.2 Å². The number of nitrogens with one attached hydrogen (secondary N) is 1. The van der Waals surface area contributed by atoms with Crippen molar-refractivity contribution in [2.24, 2.45) is 0 Å². The van der Waals surface area contributed by atoms with E-state index in [4.69, 9.17) is 23.2 Å². The van der Waals surface area contributed by atoms with Crippen LogP contribution in [0.4, 0.5) is 5.69 Å². The Bertz CT molecular complexity index is 317. The summed E-state index contributed by atoms with van der Waals surface area (Å²) < 4.78 is 0. The molecule has 1 aromatic heterocycles. The van der Waals surface area contributed by atoms with Gasteiger partial charge in [0.2, 0.25) is 0 Å². The molecule has 0 atom stereocenters. The highest BCUT2D eigenvalue weighted by Gasteiger charge is 2.25. The van der Waals surface area contributed by atoms with Gasteiger partial charge in [-0.1, -0.05) is 23.2 Å². The number of pyridine rings is 1. The Balaban J connectivity index is 2.10. The first-order chi connectivity index (χ1) is 6.69. The van der Waals surface area contributed by atoms with Crippen molar-refractivity contribution < 1.29 is 0 Å². The Morgan fingerprint density at radius 2 is 1.93 bits per heavy atom. The maximum atomic E-state index is 5.81. The van der Waals surface area contributed by atoms with Gasteiger partial charge in [-0.05, 0) is 19.2 Å². The molecule has 1 saturated heterocycles. The molecule has 1 aliphatic rings. The molecule has 5 heteroatoms. The van der Waals surface area contributed by atoms with Gasteiger partial charge >= 0.3 is 0 Å². The molecule has 0 unspecified atom stereocenters. The number of aromatic nitrogens is 1. The van der Waals surface area contributed by atoms with Crippen LogP contribution in [0.3, 0.4) is 0 Å². The Hall–Kier alpha value is -0.510. The second-order valence-corrected chi connectivity index (χ2v) is 4.14. The van der Waals surface area contributed by atoms with Gasteiger partial charge in [0.1, 0.15) is 10.3 Å². The van der Waals surface area contributed by atoms with Crippen LogP contribution in [-0.2, 0) is 0 Å². The van der Waals surface area contributed by atoms with Crippen LogP contribution in [0.25, 0.3) is 0 Å². The molecular formula is C9H11Cl2N3. The molecule has 0 saturated carbocycles. The van der Waals surface area contributed by atoms with Crippen molar-refractivity contribution in [3.63, 3.8) is 0 Å². The zero-order chi connectivity index (χ0) is 10.1. The summed E-state index contributed by atoms with van der Waals surface area (Å²) in [6, 6.07) is 4.24. The third-order valence-corrected chi connectivity index (χ3v) is 2.79. The number of hydrogen-bond acceptors (Lipinski definition) is 3. The van der Waals surface area contributed by atoms with Crippen molar-refractivity contribution >= 4 is 28.9 Å². The predicted octanol–water partition coefficient (Wildman–Crippen LogP) is 1.80. The van der Waals surface area contributed by atoms with E-state index in [0.717, 1.165) is 18.8 Å². The Morgan fingerprint density at radius 1 is 1.36 bits per heavy atom. The lowest BCUT2D eigenvalue weighted by atomic mass is 10.1. The summed E-state index contributed by atoms with van der Waals surface area (Å²) in [6.45, 7) is 1.99. The van der Waals surface area contributed by atoms with Gasteiger partial charge in [-0.15, -0.1) is 0 Å². The topological polar surface area (TPSA) is 28.2 Å². The van der Waals surface area contributed by atoms with Crippen LogP contribution >= 0.6 is 23.2 Å². The lowest BCUT2D eigenvalue weighted by molar-refractivity contribution is 0.450. The van der Waals surface area contributed by atoms with Gasteiger partial charge in [-0.25, -0.2) is 4.98 Å². The van der Waals surface area contributed by atoms with Crippen LogP contribution < -0.4 is 10.2 Å². The average Bonchev–Trinajstić information content (AvgIpc) is 2.00. The van der Waals surface area contributed by atoms with Gasteiger partial charge in [0.15, 0.2) is 0 Å². The van der Waals surface area contributed by atoms with Gasteiger partial charge in [0.25, 0.3) is 0 Å². The van der Waals surface area contributed by atoms with Crippen LogP contribution in [-0.4, -0.2) is 31.2 Å². The molecule has 0 bridgehead atoms. The molecule has 1 N–H and O–H groups in total. The number of rotatable bonds is 2. The van der Waals surface area contributed by atoms with Crippen LogP contribution in [0.1, 0.15) is 0 Å². The normalized spacial score (nSPS) is 16.9. The van der Waals surface area contributed by atoms with E-state index in [1.165, 1.54) is 0 Å². The molecule has 0 radical (unpaired) electrons. The molecule has 0 aromatic carbocycles. The number of anilines is 1. The van der Waals surface area contributed by atoms with Gasteiger partial charge < -0.3 is 10.2 Å². The van der Waals surface area contributed by atoms with E-state index >= 15 is 0 Å². The summed E-state index contributed by atoms with van der Waals surface area (Å²) in [7, 11) is 1.97. The zero-order valence-corrected chi connectivity index (χ0v) is 9.31. The fraction of sp³-hybridized carbons (Fsp3) is 0.444. The second-order valence-electron chi connectivity index (χ2n) is 3.36. The highest BCUT2D eigenvalue weighted by atomic mass is 35.5. The van der Waals surface area contributed by atoms with Gasteiger partial charge in [0.05, 0.1) is 0 Å². The fourth-order valence-corrected chi connectivity index (χ4v) is 1.96. The SMILES string of the molecule is CNC1CN(c2cc(Cl)nc(Cl)c2)C1. The largest absolute Gasteiger partial charge is 0.368 e. The Morgan fingerprint density at radius 3 is 2.43 bits per heavy atom. The minimum atomic E-state index is 0.445. The minimum Gasteiger partial charge on any atom is -0.368 e. The van der Waals surface area contributed by atoms with Crippen LogP contribution in [0.5, 0.6) is 0 Å². The smallest absolute Gasteiger partial charge is 0.132 e. The summed E-state index contributed by atoms with van der Waals surface area (Å²) in [6.07, 6.45) is 0. The molecular weight excluding hydrogens is 221 g/mol. The van der Waals surface area contributed by atoms with Crippen molar-refractivity contribution in [2.45, 2.75) is 6.04 Å². The standard InChI is InChI=1S/C9H11Cl2N3/c1-12-6-4-14(5-6)7-2-8(10)13-9(11)3-7/h2-3,6,12H,4-5H2,1H3. The summed E-state index contributed by atoms with van der Waals surface area (Å²) >= 11 is 11.6. The van der Waals surface area contributed by atoms with E-state index in [1.807, 2.05) is 19.2 Å².